The summed E-state index contributed by atoms with van der Waals surface area (Å²) >= 11 is 3.34. The topological polar surface area (TPSA) is 76.8 Å². The van der Waals surface area contributed by atoms with Gasteiger partial charge in [-0.2, -0.15) is 0 Å². The molecule has 0 saturated carbocycles. The molecule has 8 heteroatoms. The molecule has 1 aromatic heterocycles. The van der Waals surface area contributed by atoms with Gasteiger partial charge in [-0.15, -0.1) is 0 Å². The third-order valence-corrected chi connectivity index (χ3v) is 6.33. The fourth-order valence-electron chi connectivity index (χ4n) is 2.77. The van der Waals surface area contributed by atoms with Crippen molar-refractivity contribution in [3.63, 3.8) is 0 Å². The first-order chi connectivity index (χ1) is 11.9. The number of benzene rings is 1. The van der Waals surface area contributed by atoms with E-state index in [-0.39, 0.29) is 36.6 Å². The van der Waals surface area contributed by atoms with Gasteiger partial charge >= 0.3 is 0 Å². The van der Waals surface area contributed by atoms with Gasteiger partial charge in [-0.1, -0.05) is 15.9 Å². The molecule has 1 atom stereocenters. The lowest BCUT2D eigenvalue weighted by molar-refractivity contribution is -0.136. The predicted octanol–water partition coefficient (Wildman–Crippen LogP) is 2.64. The van der Waals surface area contributed by atoms with E-state index in [0.717, 1.165) is 4.47 Å². The van der Waals surface area contributed by atoms with E-state index in [1.54, 1.807) is 29.2 Å². The number of rotatable bonds is 6. The Hall–Kier alpha value is -1.80. The third-order valence-electron chi connectivity index (χ3n) is 4.05. The zero-order valence-corrected chi connectivity index (χ0v) is 15.8. The zero-order chi connectivity index (χ0) is 17.9. The van der Waals surface area contributed by atoms with Crippen LogP contribution in [0, 0.1) is 0 Å². The molecule has 0 bridgehead atoms. The second kappa shape index (κ2) is 7.61. The maximum absolute atomic E-state index is 12.7. The molecule has 1 saturated heterocycles. The molecule has 134 valence electrons. The van der Waals surface area contributed by atoms with Crippen LogP contribution in [-0.4, -0.2) is 43.4 Å². The first-order valence-corrected chi connectivity index (χ1v) is 10.4. The molecule has 0 radical (unpaired) electrons. The minimum Gasteiger partial charge on any atom is -0.484 e. The van der Waals surface area contributed by atoms with Crippen LogP contribution in [0.2, 0.25) is 0 Å². The van der Waals surface area contributed by atoms with Gasteiger partial charge in [0.1, 0.15) is 11.5 Å². The smallest absolute Gasteiger partial charge is 0.261 e. The number of hydrogen-bond donors (Lipinski definition) is 0. The number of nitrogens with zero attached hydrogens (tertiary/aromatic N) is 1. The molecule has 0 unspecified atom stereocenters. The summed E-state index contributed by atoms with van der Waals surface area (Å²) in [6.45, 7) is 0.0780. The third kappa shape index (κ3) is 4.85. The van der Waals surface area contributed by atoms with E-state index in [2.05, 4.69) is 15.9 Å². The highest BCUT2D eigenvalue weighted by molar-refractivity contribution is 9.10. The van der Waals surface area contributed by atoms with Gasteiger partial charge in [-0.25, -0.2) is 8.42 Å². The van der Waals surface area contributed by atoms with Gasteiger partial charge in [-0.05, 0) is 42.8 Å². The Morgan fingerprint density at radius 1 is 1.28 bits per heavy atom. The van der Waals surface area contributed by atoms with E-state index in [1.807, 2.05) is 12.1 Å². The average Bonchev–Trinajstić information content (AvgIpc) is 3.21. The molecule has 2 heterocycles. The van der Waals surface area contributed by atoms with E-state index in [4.69, 9.17) is 9.15 Å². The van der Waals surface area contributed by atoms with Gasteiger partial charge in [0.2, 0.25) is 0 Å². The van der Waals surface area contributed by atoms with Gasteiger partial charge in [0.25, 0.3) is 5.91 Å². The Morgan fingerprint density at radius 2 is 2.04 bits per heavy atom. The Bertz CT molecular complexity index is 817. The second-order valence-corrected chi connectivity index (χ2v) is 9.04. The molecule has 0 N–H and O–H groups in total. The van der Waals surface area contributed by atoms with Crippen LogP contribution in [0.15, 0.2) is 51.6 Å². The van der Waals surface area contributed by atoms with E-state index < -0.39 is 9.84 Å². The minimum atomic E-state index is -3.10. The molecular formula is C17H18BrNO5S. The fraction of sp³-hybridized carbons (Fsp3) is 0.353. The van der Waals surface area contributed by atoms with Crippen LogP contribution < -0.4 is 4.74 Å². The highest BCUT2D eigenvalue weighted by Gasteiger charge is 2.35. The molecule has 25 heavy (non-hydrogen) atoms. The number of furan rings is 1. The standard InChI is InChI=1S/C17H18BrNO5S/c18-13-3-5-15(6-4-13)24-11-17(20)19(10-16-2-1-8-23-16)14-7-9-25(21,22)12-14/h1-6,8,14H,7,9-12H2/t14-/m1/s1. The van der Waals surface area contributed by atoms with E-state index >= 15 is 0 Å². The fourth-order valence-corrected chi connectivity index (χ4v) is 4.77. The molecule has 0 spiro atoms. The number of carbonyl (C=O) groups excluding carboxylic acids is 1. The molecular weight excluding hydrogens is 410 g/mol. The lowest BCUT2D eigenvalue weighted by Gasteiger charge is -2.27. The van der Waals surface area contributed by atoms with E-state index in [0.29, 0.717) is 17.9 Å². The molecule has 6 nitrogen and oxygen atoms in total. The summed E-state index contributed by atoms with van der Waals surface area (Å²) in [6.07, 6.45) is 1.97. The summed E-state index contributed by atoms with van der Waals surface area (Å²) in [5.41, 5.74) is 0. The summed E-state index contributed by atoms with van der Waals surface area (Å²) in [7, 11) is -3.10. The summed E-state index contributed by atoms with van der Waals surface area (Å²) < 4.78 is 35.3. The number of halogens is 1. The van der Waals surface area contributed by atoms with Crippen LogP contribution in [0.5, 0.6) is 5.75 Å². The first-order valence-electron chi connectivity index (χ1n) is 7.83. The van der Waals surface area contributed by atoms with Gasteiger partial charge in [0.15, 0.2) is 16.4 Å². The maximum Gasteiger partial charge on any atom is 0.261 e. The highest BCUT2D eigenvalue weighted by atomic mass is 79.9. The average molecular weight is 428 g/mol. The second-order valence-electron chi connectivity index (χ2n) is 5.90. The molecule has 1 aromatic carbocycles. The minimum absolute atomic E-state index is 0.0161. The molecule has 2 aromatic rings. The van der Waals surface area contributed by atoms with Crippen molar-refractivity contribution in [2.75, 3.05) is 18.1 Å². The van der Waals surface area contributed by atoms with Crippen LogP contribution >= 0.6 is 15.9 Å². The molecule has 0 aliphatic carbocycles. The van der Waals surface area contributed by atoms with Crippen molar-refractivity contribution in [3.8, 4) is 5.75 Å². The maximum atomic E-state index is 12.7. The van der Waals surface area contributed by atoms with Crippen molar-refractivity contribution in [3.05, 3.63) is 52.9 Å². The van der Waals surface area contributed by atoms with Crippen LogP contribution in [-0.2, 0) is 21.2 Å². The number of hydrogen-bond acceptors (Lipinski definition) is 5. The largest absolute Gasteiger partial charge is 0.484 e. The molecule has 1 aliphatic heterocycles. The highest BCUT2D eigenvalue weighted by Crippen LogP contribution is 2.21. The van der Waals surface area contributed by atoms with Crippen LogP contribution in [0.25, 0.3) is 0 Å². The normalized spacial score (nSPS) is 18.8. The molecule has 1 aliphatic rings. The summed E-state index contributed by atoms with van der Waals surface area (Å²) in [5, 5.41) is 0. The van der Waals surface area contributed by atoms with Crippen molar-refractivity contribution in [1.29, 1.82) is 0 Å². The number of amides is 1. The van der Waals surface area contributed by atoms with Crippen molar-refractivity contribution in [2.24, 2.45) is 0 Å². The van der Waals surface area contributed by atoms with Crippen molar-refractivity contribution >= 4 is 31.7 Å². The Balaban J connectivity index is 1.69. The van der Waals surface area contributed by atoms with Crippen molar-refractivity contribution in [1.82, 2.24) is 4.90 Å². The molecule has 1 amide bonds. The van der Waals surface area contributed by atoms with Crippen LogP contribution in [0.3, 0.4) is 0 Å². The van der Waals surface area contributed by atoms with Gasteiger partial charge in [-0.3, -0.25) is 4.79 Å². The Labute approximate surface area is 154 Å². The lowest BCUT2D eigenvalue weighted by Crippen LogP contribution is -2.43. The number of ether oxygens (including phenoxy) is 1. The molecule has 1 fully saturated rings. The number of carbonyl (C=O) groups is 1. The van der Waals surface area contributed by atoms with Crippen LogP contribution in [0.1, 0.15) is 12.2 Å². The first kappa shape index (κ1) is 18.0. The number of sulfone groups is 1. The van der Waals surface area contributed by atoms with E-state index in [1.165, 1.54) is 6.26 Å². The monoisotopic (exact) mass is 427 g/mol. The van der Waals surface area contributed by atoms with Gasteiger partial charge in [0.05, 0.1) is 24.3 Å². The van der Waals surface area contributed by atoms with E-state index in [9.17, 15) is 13.2 Å². The van der Waals surface area contributed by atoms with Gasteiger partial charge < -0.3 is 14.1 Å². The molecule has 3 rings (SSSR count). The summed E-state index contributed by atoms with van der Waals surface area (Å²) in [4.78, 5) is 14.2. The zero-order valence-electron chi connectivity index (χ0n) is 13.4. The van der Waals surface area contributed by atoms with Crippen molar-refractivity contribution < 1.29 is 22.4 Å². The summed E-state index contributed by atoms with van der Waals surface area (Å²) in [5.74, 6) is 1.02. The SMILES string of the molecule is O=C(COc1ccc(Br)cc1)N(Cc1ccco1)[C@@H]1CCS(=O)(=O)C1. The van der Waals surface area contributed by atoms with Gasteiger partial charge in [0, 0.05) is 10.5 Å². The Morgan fingerprint density at radius 3 is 2.64 bits per heavy atom. The Kier molecular flexibility index (Phi) is 5.48. The lowest BCUT2D eigenvalue weighted by atomic mass is 10.2. The van der Waals surface area contributed by atoms with Crippen LogP contribution in [0.4, 0.5) is 0 Å². The van der Waals surface area contributed by atoms with Crippen molar-refractivity contribution in [2.45, 2.75) is 19.0 Å². The quantitative estimate of drug-likeness (QED) is 0.707. The summed E-state index contributed by atoms with van der Waals surface area (Å²) in [6, 6.07) is 10.3. The predicted molar refractivity (Wildman–Crippen MR) is 96.0 cm³/mol.